The normalized spacial score (nSPS) is 12.2. The van der Waals surface area contributed by atoms with Crippen molar-refractivity contribution in [3.8, 4) is 0 Å². The highest BCUT2D eigenvalue weighted by Crippen LogP contribution is 2.34. The Morgan fingerprint density at radius 1 is 0.463 bits per heavy atom. The number of allylic oxidation sites excluding steroid dienone is 2. The maximum Gasteiger partial charge on any atom is 0.0845 e. The molecule has 0 aliphatic heterocycles. The van der Waals surface area contributed by atoms with Gasteiger partial charge in [-0.1, -0.05) is 116 Å². The molecule has 0 aliphatic rings. The molecule has 54 heavy (non-hydrogen) atoms. The SMILES string of the molecule is CCCCCCCCCCCCCCCCCCC/C=C/C(=Nc1ccc(N(C)CC)c(N(C)CC)c1)C(C)=Nc1ccc(N(C)CC)c(N(C)CC)c1. The molecule has 0 atom stereocenters. The molecular weight excluding hydrogens is 661 g/mol. The van der Waals surface area contributed by atoms with E-state index in [9.17, 15) is 0 Å². The maximum atomic E-state index is 5.24. The smallest absolute Gasteiger partial charge is 0.0845 e. The number of anilines is 4. The highest BCUT2D eigenvalue weighted by molar-refractivity contribution is 6.46. The first-order valence-corrected chi connectivity index (χ1v) is 22.1. The Bertz CT molecular complexity index is 1380. The van der Waals surface area contributed by atoms with Crippen LogP contribution < -0.4 is 19.6 Å². The van der Waals surface area contributed by atoms with E-state index in [-0.39, 0.29) is 0 Å². The van der Waals surface area contributed by atoms with Crippen molar-refractivity contribution in [2.45, 2.75) is 157 Å². The number of aliphatic imine (C=N–C) groups is 2. The molecule has 304 valence electrons. The number of unbranched alkanes of at least 4 members (excludes halogenated alkanes) is 17. The Morgan fingerprint density at radius 3 is 1.20 bits per heavy atom. The summed E-state index contributed by atoms with van der Waals surface area (Å²) >= 11 is 0. The molecule has 6 heteroatoms. The first kappa shape index (κ1) is 46.9. The van der Waals surface area contributed by atoms with Gasteiger partial charge in [0.25, 0.3) is 0 Å². The number of benzene rings is 2. The minimum Gasteiger partial charge on any atom is -0.373 e. The quantitative estimate of drug-likeness (QED) is 0.0590. The number of hydrogen-bond acceptors (Lipinski definition) is 6. The largest absolute Gasteiger partial charge is 0.373 e. The third-order valence-electron chi connectivity index (χ3n) is 11.1. The average Bonchev–Trinajstić information content (AvgIpc) is 3.19. The molecule has 0 radical (unpaired) electrons. The summed E-state index contributed by atoms with van der Waals surface area (Å²) in [6.45, 7) is 17.0. The van der Waals surface area contributed by atoms with Crippen molar-refractivity contribution in [3.63, 3.8) is 0 Å². The van der Waals surface area contributed by atoms with Crippen LogP contribution in [0.2, 0.25) is 0 Å². The first-order chi connectivity index (χ1) is 26.2. The molecule has 6 nitrogen and oxygen atoms in total. The molecule has 0 aliphatic carbocycles. The Kier molecular flexibility index (Phi) is 24.5. The zero-order valence-corrected chi connectivity index (χ0v) is 36.9. The van der Waals surface area contributed by atoms with Gasteiger partial charge in [0.2, 0.25) is 0 Å². The molecule has 0 heterocycles. The van der Waals surface area contributed by atoms with Gasteiger partial charge in [-0.25, -0.2) is 4.99 Å². The molecule has 2 aromatic rings. The molecule has 0 saturated carbocycles. The van der Waals surface area contributed by atoms with Gasteiger partial charge >= 0.3 is 0 Å². The van der Waals surface area contributed by atoms with Gasteiger partial charge in [-0.2, -0.15) is 0 Å². The second kappa shape index (κ2) is 28.2. The number of nitrogens with zero attached hydrogens (tertiary/aromatic N) is 6. The van der Waals surface area contributed by atoms with Gasteiger partial charge in [0.15, 0.2) is 0 Å². The summed E-state index contributed by atoms with van der Waals surface area (Å²) in [5.41, 5.74) is 8.62. The summed E-state index contributed by atoms with van der Waals surface area (Å²) in [5.74, 6) is 0. The number of hydrogen-bond donors (Lipinski definition) is 0. The van der Waals surface area contributed by atoms with Crippen molar-refractivity contribution in [1.29, 1.82) is 0 Å². The fraction of sp³-hybridized carbons (Fsp3) is 0.667. The minimum absolute atomic E-state index is 0.920. The van der Waals surface area contributed by atoms with E-state index in [1.54, 1.807) is 0 Å². The van der Waals surface area contributed by atoms with Crippen LogP contribution in [0.3, 0.4) is 0 Å². The minimum atomic E-state index is 0.920. The van der Waals surface area contributed by atoms with E-state index in [0.29, 0.717) is 0 Å². The van der Waals surface area contributed by atoms with E-state index < -0.39 is 0 Å². The van der Waals surface area contributed by atoms with Crippen LogP contribution in [0.4, 0.5) is 34.1 Å². The van der Waals surface area contributed by atoms with E-state index in [4.69, 9.17) is 9.98 Å². The van der Waals surface area contributed by atoms with Gasteiger partial charge in [-0.05, 0) is 89.9 Å². The molecule has 0 fully saturated rings. The molecule has 0 spiro atoms. The summed E-state index contributed by atoms with van der Waals surface area (Å²) in [6.07, 6.45) is 29.4. The third kappa shape index (κ3) is 17.5. The van der Waals surface area contributed by atoms with E-state index >= 15 is 0 Å². The predicted octanol–water partition coefficient (Wildman–Crippen LogP) is 14.0. The second-order valence-electron chi connectivity index (χ2n) is 15.4. The zero-order valence-electron chi connectivity index (χ0n) is 36.9. The number of rotatable bonds is 30. The van der Waals surface area contributed by atoms with Gasteiger partial charge in [-0.15, -0.1) is 0 Å². The fourth-order valence-corrected chi connectivity index (χ4v) is 6.91. The maximum absolute atomic E-state index is 5.24. The predicted molar refractivity (Wildman–Crippen MR) is 246 cm³/mol. The lowest BCUT2D eigenvalue weighted by Crippen LogP contribution is -2.22. The van der Waals surface area contributed by atoms with Crippen LogP contribution in [-0.2, 0) is 0 Å². The van der Waals surface area contributed by atoms with Gasteiger partial charge in [0.1, 0.15) is 0 Å². The van der Waals surface area contributed by atoms with Crippen molar-refractivity contribution in [3.05, 3.63) is 48.6 Å². The molecule has 2 aromatic carbocycles. The van der Waals surface area contributed by atoms with Gasteiger partial charge < -0.3 is 19.6 Å². The lowest BCUT2D eigenvalue weighted by molar-refractivity contribution is 0.527. The molecular formula is C48H82N6. The summed E-state index contributed by atoms with van der Waals surface area (Å²) < 4.78 is 0. The van der Waals surface area contributed by atoms with E-state index in [1.807, 2.05) is 0 Å². The van der Waals surface area contributed by atoms with Crippen LogP contribution in [0.1, 0.15) is 157 Å². The Hall–Kier alpha value is -3.28. The highest BCUT2D eigenvalue weighted by Gasteiger charge is 2.13. The van der Waals surface area contributed by atoms with Crippen LogP contribution in [0.5, 0.6) is 0 Å². The second-order valence-corrected chi connectivity index (χ2v) is 15.4. The van der Waals surface area contributed by atoms with Crippen LogP contribution in [0, 0.1) is 0 Å². The van der Waals surface area contributed by atoms with E-state index in [1.165, 1.54) is 132 Å². The lowest BCUT2D eigenvalue weighted by atomic mass is 10.0. The van der Waals surface area contributed by atoms with Crippen molar-refractivity contribution >= 4 is 45.5 Å². The van der Waals surface area contributed by atoms with Crippen LogP contribution >= 0.6 is 0 Å². The van der Waals surface area contributed by atoms with E-state index in [2.05, 4.69) is 138 Å². The topological polar surface area (TPSA) is 37.7 Å². The summed E-state index contributed by atoms with van der Waals surface area (Å²) in [4.78, 5) is 19.6. The monoisotopic (exact) mass is 743 g/mol. The van der Waals surface area contributed by atoms with E-state index in [0.717, 1.165) is 55.4 Å². The Labute approximate surface area is 334 Å². The van der Waals surface area contributed by atoms with Crippen molar-refractivity contribution in [1.82, 2.24) is 0 Å². The van der Waals surface area contributed by atoms with Crippen LogP contribution in [0.15, 0.2) is 58.5 Å². The van der Waals surface area contributed by atoms with Crippen molar-refractivity contribution in [2.24, 2.45) is 9.98 Å². The van der Waals surface area contributed by atoms with Gasteiger partial charge in [0, 0.05) is 54.4 Å². The molecule has 0 bridgehead atoms. The highest BCUT2D eigenvalue weighted by atomic mass is 15.2. The van der Waals surface area contributed by atoms with Gasteiger partial charge in [0.05, 0.1) is 45.5 Å². The molecule has 0 saturated heterocycles. The summed E-state index contributed by atoms with van der Waals surface area (Å²) in [6, 6.07) is 13.2. The molecule has 0 aromatic heterocycles. The average molecular weight is 743 g/mol. The molecule has 0 unspecified atom stereocenters. The zero-order chi connectivity index (χ0) is 39.6. The first-order valence-electron chi connectivity index (χ1n) is 22.1. The lowest BCUT2D eigenvalue weighted by Gasteiger charge is -2.27. The van der Waals surface area contributed by atoms with Gasteiger partial charge in [-0.3, -0.25) is 4.99 Å². The third-order valence-corrected chi connectivity index (χ3v) is 11.1. The summed E-state index contributed by atoms with van der Waals surface area (Å²) in [7, 11) is 8.62. The van der Waals surface area contributed by atoms with Crippen LogP contribution in [0.25, 0.3) is 0 Å². The van der Waals surface area contributed by atoms with Crippen LogP contribution in [-0.4, -0.2) is 65.8 Å². The molecule has 2 rings (SSSR count). The Balaban J connectivity index is 2.06. The van der Waals surface area contributed by atoms with Crippen molar-refractivity contribution < 1.29 is 0 Å². The molecule has 0 N–H and O–H groups in total. The Morgan fingerprint density at radius 2 is 0.815 bits per heavy atom. The fourth-order valence-electron chi connectivity index (χ4n) is 6.91. The summed E-state index contributed by atoms with van der Waals surface area (Å²) in [5, 5.41) is 0. The molecule has 0 amide bonds. The standard InChI is InChI=1S/C48H82N6/c1-11-16-17-18-19-20-21-22-23-24-25-26-27-28-29-30-31-32-33-34-44(50-43-36-38-46(52(8)13-3)48(40-43)54(10)15-5)41(6)49-42-35-37-45(51(7)12-2)47(39-42)53(9)14-4/h33-40H,11-32H2,1-10H3/b34-33+,49-41?,50-44?. The van der Waals surface area contributed by atoms with Crippen molar-refractivity contribution in [2.75, 3.05) is 74.0 Å².